The molecule has 0 fully saturated rings. The molecule has 140 valence electrons. The van der Waals surface area contributed by atoms with E-state index in [9.17, 15) is 36.3 Å². The number of sulfonamides is 1. The molecule has 1 aromatic carbocycles. The molecule has 0 bridgehead atoms. The Morgan fingerprint density at radius 3 is 2.24 bits per heavy atom. The van der Waals surface area contributed by atoms with Gasteiger partial charge in [0.15, 0.2) is 5.92 Å². The monoisotopic (exact) mass is 383 g/mol. The lowest BCUT2D eigenvalue weighted by atomic mass is 9.93. The summed E-state index contributed by atoms with van der Waals surface area (Å²) < 4.78 is 67.6. The number of phenolic OH excluding ortho intramolecular Hbond substituents is 1. The molecule has 1 rings (SSSR count). The van der Waals surface area contributed by atoms with E-state index >= 15 is 0 Å². The van der Waals surface area contributed by atoms with Crippen molar-refractivity contribution in [1.82, 2.24) is 0 Å². The van der Waals surface area contributed by atoms with Crippen LogP contribution >= 0.6 is 0 Å². The predicted molar refractivity (Wildman–Crippen MR) is 81.6 cm³/mol. The maximum atomic E-state index is 12.8. The van der Waals surface area contributed by atoms with Gasteiger partial charge in [0, 0.05) is 11.3 Å². The first-order chi connectivity index (χ1) is 11.2. The molecular formula is C14H16F3NO6S. The molecule has 0 aromatic heterocycles. The second-order valence-corrected chi connectivity index (χ2v) is 7.18. The van der Waals surface area contributed by atoms with Gasteiger partial charge < -0.3 is 9.84 Å². The summed E-state index contributed by atoms with van der Waals surface area (Å²) in [4.78, 5) is 23.7. The van der Waals surface area contributed by atoms with Crippen LogP contribution in [0.3, 0.4) is 0 Å². The smallest absolute Gasteiger partial charge is 0.451 e. The Morgan fingerprint density at radius 2 is 1.80 bits per heavy atom. The van der Waals surface area contributed by atoms with Crippen LogP contribution in [0.5, 0.6) is 5.75 Å². The van der Waals surface area contributed by atoms with Gasteiger partial charge in [-0.25, -0.2) is 8.42 Å². The second-order valence-electron chi connectivity index (χ2n) is 5.43. The zero-order valence-electron chi connectivity index (χ0n) is 13.4. The normalized spacial score (nSPS) is 13.4. The minimum atomic E-state index is -5.37. The van der Waals surface area contributed by atoms with Crippen molar-refractivity contribution in [3.05, 3.63) is 23.8 Å². The SMILES string of the molecule is CC(C)OC(=O)[C@H](C(=O)C(F)(F)F)c1cc(NS(C)(=O)=O)ccc1O. The Hall–Kier alpha value is -2.30. The number of anilines is 1. The molecule has 0 heterocycles. The first-order valence-corrected chi connectivity index (χ1v) is 8.73. The van der Waals surface area contributed by atoms with Crippen LogP contribution in [0.4, 0.5) is 18.9 Å². The van der Waals surface area contributed by atoms with Crippen molar-refractivity contribution in [3.8, 4) is 5.75 Å². The van der Waals surface area contributed by atoms with Gasteiger partial charge in [-0.05, 0) is 32.0 Å². The molecule has 0 aliphatic rings. The molecule has 0 saturated carbocycles. The van der Waals surface area contributed by atoms with E-state index in [2.05, 4.69) is 4.74 Å². The van der Waals surface area contributed by atoms with E-state index in [0.717, 1.165) is 24.5 Å². The zero-order valence-corrected chi connectivity index (χ0v) is 14.2. The average Bonchev–Trinajstić information content (AvgIpc) is 2.38. The number of carbonyl (C=O) groups is 2. The number of esters is 1. The van der Waals surface area contributed by atoms with Gasteiger partial charge in [-0.3, -0.25) is 14.3 Å². The van der Waals surface area contributed by atoms with E-state index in [1.54, 1.807) is 0 Å². The average molecular weight is 383 g/mol. The molecule has 0 radical (unpaired) electrons. The van der Waals surface area contributed by atoms with Crippen molar-refractivity contribution in [3.63, 3.8) is 0 Å². The molecular weight excluding hydrogens is 367 g/mol. The van der Waals surface area contributed by atoms with Crippen LogP contribution < -0.4 is 4.72 Å². The first-order valence-electron chi connectivity index (χ1n) is 6.84. The summed E-state index contributed by atoms with van der Waals surface area (Å²) in [6.45, 7) is 2.74. The van der Waals surface area contributed by atoms with Gasteiger partial charge in [0.1, 0.15) is 5.75 Å². The summed E-state index contributed by atoms with van der Waals surface area (Å²) in [7, 11) is -3.78. The Morgan fingerprint density at radius 1 is 1.24 bits per heavy atom. The highest BCUT2D eigenvalue weighted by Crippen LogP contribution is 2.35. The highest BCUT2D eigenvalue weighted by atomic mass is 32.2. The summed E-state index contributed by atoms with van der Waals surface area (Å²) in [6, 6.07) is 2.69. The Labute approximate surface area is 141 Å². The van der Waals surface area contributed by atoms with E-state index in [1.165, 1.54) is 13.8 Å². The molecule has 25 heavy (non-hydrogen) atoms. The molecule has 0 aliphatic heterocycles. The molecule has 0 saturated heterocycles. The molecule has 1 aromatic rings. The zero-order chi connectivity index (χ0) is 19.6. The number of phenols is 1. The minimum absolute atomic E-state index is 0.229. The fraction of sp³-hybridized carbons (Fsp3) is 0.429. The third-order valence-electron chi connectivity index (χ3n) is 2.77. The van der Waals surface area contributed by atoms with Crippen LogP contribution in [0.2, 0.25) is 0 Å². The quantitative estimate of drug-likeness (QED) is 0.441. The van der Waals surface area contributed by atoms with Crippen LogP contribution in [-0.4, -0.2) is 43.8 Å². The van der Waals surface area contributed by atoms with Crippen molar-refractivity contribution >= 4 is 27.5 Å². The van der Waals surface area contributed by atoms with Crippen LogP contribution in [0, 0.1) is 0 Å². The van der Waals surface area contributed by atoms with Crippen LogP contribution in [0.15, 0.2) is 18.2 Å². The second kappa shape index (κ2) is 7.30. The van der Waals surface area contributed by atoms with E-state index in [1.807, 2.05) is 4.72 Å². The minimum Gasteiger partial charge on any atom is -0.508 e. The maximum absolute atomic E-state index is 12.8. The highest BCUT2D eigenvalue weighted by molar-refractivity contribution is 7.92. The molecule has 0 unspecified atom stereocenters. The van der Waals surface area contributed by atoms with Gasteiger partial charge >= 0.3 is 12.1 Å². The Balaban J connectivity index is 3.46. The standard InChI is InChI=1S/C14H16F3NO6S/c1-7(2)24-13(21)11(12(20)14(15,16)17)9-6-8(4-5-10(9)19)18-25(3,22)23/h4-7,11,18-19H,1-3H3/t11-/m0/s1. The van der Waals surface area contributed by atoms with Gasteiger partial charge in [0.2, 0.25) is 10.0 Å². The Kier molecular flexibility index (Phi) is 6.05. The molecule has 0 spiro atoms. The van der Waals surface area contributed by atoms with Crippen molar-refractivity contribution in [1.29, 1.82) is 0 Å². The number of alkyl halides is 3. The van der Waals surface area contributed by atoms with Crippen LogP contribution in [0.25, 0.3) is 0 Å². The van der Waals surface area contributed by atoms with Gasteiger partial charge in [-0.1, -0.05) is 0 Å². The fourth-order valence-electron chi connectivity index (χ4n) is 1.90. The number of Topliss-reactive ketones (excluding diaryl/α,β-unsaturated/α-hetero) is 1. The fourth-order valence-corrected chi connectivity index (χ4v) is 2.46. The van der Waals surface area contributed by atoms with Gasteiger partial charge in [-0.15, -0.1) is 0 Å². The number of ether oxygens (including phenoxy) is 1. The summed E-state index contributed by atoms with van der Waals surface area (Å²) in [6.07, 6.45) is -5.38. The summed E-state index contributed by atoms with van der Waals surface area (Å²) >= 11 is 0. The lowest BCUT2D eigenvalue weighted by molar-refractivity contribution is -0.178. The van der Waals surface area contributed by atoms with Gasteiger partial charge in [-0.2, -0.15) is 13.2 Å². The van der Waals surface area contributed by atoms with Crippen molar-refractivity contribution in [2.75, 3.05) is 11.0 Å². The molecule has 2 N–H and O–H groups in total. The summed E-state index contributed by atoms with van der Waals surface area (Å²) in [5.74, 6) is -7.22. The van der Waals surface area contributed by atoms with E-state index in [-0.39, 0.29) is 5.69 Å². The van der Waals surface area contributed by atoms with E-state index < -0.39 is 51.3 Å². The van der Waals surface area contributed by atoms with Gasteiger partial charge in [0.25, 0.3) is 5.78 Å². The van der Waals surface area contributed by atoms with Crippen LogP contribution in [-0.2, 0) is 24.3 Å². The number of nitrogens with one attached hydrogen (secondary N) is 1. The molecule has 7 nitrogen and oxygen atoms in total. The number of rotatable bonds is 6. The van der Waals surface area contributed by atoms with Crippen molar-refractivity contribution < 1.29 is 41.0 Å². The highest BCUT2D eigenvalue weighted by Gasteiger charge is 2.48. The Bertz CT molecular complexity index is 773. The molecule has 11 heteroatoms. The molecule has 0 amide bonds. The third kappa shape index (κ3) is 5.93. The number of carbonyl (C=O) groups excluding carboxylic acids is 2. The number of ketones is 1. The van der Waals surface area contributed by atoms with Gasteiger partial charge in [0.05, 0.1) is 12.4 Å². The lowest BCUT2D eigenvalue weighted by Gasteiger charge is -2.20. The molecule has 0 aliphatic carbocycles. The summed E-state index contributed by atoms with van der Waals surface area (Å²) in [5, 5.41) is 9.80. The maximum Gasteiger partial charge on any atom is 0.451 e. The number of hydrogen-bond acceptors (Lipinski definition) is 6. The van der Waals surface area contributed by atoms with Crippen molar-refractivity contribution in [2.24, 2.45) is 0 Å². The molecule has 1 atom stereocenters. The first kappa shape index (κ1) is 20.7. The summed E-state index contributed by atoms with van der Waals surface area (Å²) in [5.41, 5.74) is -0.950. The number of benzene rings is 1. The van der Waals surface area contributed by atoms with Crippen LogP contribution in [0.1, 0.15) is 25.3 Å². The lowest BCUT2D eigenvalue weighted by Crippen LogP contribution is -2.35. The predicted octanol–water partition coefficient (Wildman–Crippen LogP) is 1.93. The van der Waals surface area contributed by atoms with E-state index in [4.69, 9.17) is 0 Å². The number of hydrogen-bond donors (Lipinski definition) is 2. The topological polar surface area (TPSA) is 110 Å². The third-order valence-corrected chi connectivity index (χ3v) is 3.38. The number of halogens is 3. The van der Waals surface area contributed by atoms with E-state index in [0.29, 0.717) is 0 Å². The largest absolute Gasteiger partial charge is 0.508 e. The van der Waals surface area contributed by atoms with Crippen molar-refractivity contribution in [2.45, 2.75) is 32.0 Å². The number of aromatic hydroxyl groups is 1.